The Morgan fingerprint density at radius 1 is 0.545 bits per heavy atom. The zero-order chi connectivity index (χ0) is 29.6. The normalized spacial score (nSPS) is 11.3. The van der Waals surface area contributed by atoms with Crippen LogP contribution in [0.4, 0.5) is 0 Å². The van der Waals surface area contributed by atoms with Gasteiger partial charge in [-0.05, 0) is 98.8 Å². The Morgan fingerprint density at radius 3 is 1.89 bits per heavy atom. The number of aromatic nitrogens is 2. The minimum absolute atomic E-state index is 0.643. The summed E-state index contributed by atoms with van der Waals surface area (Å²) in [6.07, 6.45) is 0. The summed E-state index contributed by atoms with van der Waals surface area (Å²) < 4.78 is 2.21. The van der Waals surface area contributed by atoms with Crippen LogP contribution in [0.3, 0.4) is 0 Å². The average molecular weight is 562 g/mol. The lowest BCUT2D eigenvalue weighted by Gasteiger charge is -2.17. The fourth-order valence-electron chi connectivity index (χ4n) is 6.56. The number of rotatable bonds is 4. The predicted octanol–water partition coefficient (Wildman–Crippen LogP) is 10.5. The lowest BCUT2D eigenvalue weighted by molar-refractivity contribution is 1.10. The van der Waals surface area contributed by atoms with Gasteiger partial charge in [0.15, 0.2) is 0 Å². The molecule has 0 aliphatic heterocycles. The highest BCUT2D eigenvalue weighted by atomic mass is 15.1. The lowest BCUT2D eigenvalue weighted by Crippen LogP contribution is -1.97. The van der Waals surface area contributed by atoms with Gasteiger partial charge in [-0.25, -0.2) is 4.98 Å². The van der Waals surface area contributed by atoms with Crippen molar-refractivity contribution in [2.75, 3.05) is 0 Å². The Labute approximate surface area is 255 Å². The Balaban J connectivity index is 1.27. The third-order valence-electron chi connectivity index (χ3n) is 8.60. The van der Waals surface area contributed by atoms with Crippen molar-refractivity contribution in [1.29, 1.82) is 5.26 Å². The second-order valence-electron chi connectivity index (χ2n) is 11.2. The van der Waals surface area contributed by atoms with Crippen molar-refractivity contribution >= 4 is 32.6 Å². The van der Waals surface area contributed by atoms with Crippen LogP contribution in [0.15, 0.2) is 146 Å². The maximum absolute atomic E-state index is 10.1. The molecule has 0 unspecified atom stereocenters. The maximum atomic E-state index is 10.1. The van der Waals surface area contributed by atoms with E-state index < -0.39 is 0 Å². The van der Waals surface area contributed by atoms with Crippen molar-refractivity contribution in [1.82, 2.24) is 9.55 Å². The van der Waals surface area contributed by atoms with E-state index in [0.717, 1.165) is 44.8 Å². The van der Waals surface area contributed by atoms with Crippen LogP contribution in [-0.4, -0.2) is 9.55 Å². The van der Waals surface area contributed by atoms with Gasteiger partial charge >= 0.3 is 0 Å². The molecule has 0 saturated heterocycles. The SMILES string of the molecule is Cc1c(-c2cc(C#N)cc(-c3ccc(-c4nc5ccccc5n4-c4ccccc4)cc3)c2)c2ccccc2c2ccccc12. The van der Waals surface area contributed by atoms with E-state index in [9.17, 15) is 5.26 Å². The van der Waals surface area contributed by atoms with Gasteiger partial charge in [-0.1, -0.05) is 103 Å². The number of aryl methyl sites for hydroxylation is 1. The molecule has 0 aliphatic carbocycles. The zero-order valence-corrected chi connectivity index (χ0v) is 24.2. The summed E-state index contributed by atoms with van der Waals surface area (Å²) >= 11 is 0. The van der Waals surface area contributed by atoms with E-state index in [1.807, 2.05) is 24.3 Å². The second-order valence-corrected chi connectivity index (χ2v) is 11.2. The first-order chi connectivity index (χ1) is 21.7. The molecular weight excluding hydrogens is 534 g/mol. The molecule has 0 N–H and O–H groups in total. The highest BCUT2D eigenvalue weighted by molar-refractivity contribution is 6.16. The summed E-state index contributed by atoms with van der Waals surface area (Å²) in [6, 6.07) is 52.9. The minimum Gasteiger partial charge on any atom is -0.292 e. The molecule has 8 aromatic rings. The fraction of sp³-hybridized carbons (Fsp3) is 0.0244. The largest absolute Gasteiger partial charge is 0.292 e. The van der Waals surface area contributed by atoms with Gasteiger partial charge < -0.3 is 0 Å². The molecule has 3 nitrogen and oxygen atoms in total. The van der Waals surface area contributed by atoms with Gasteiger partial charge in [0.2, 0.25) is 0 Å². The van der Waals surface area contributed by atoms with Gasteiger partial charge in [0.05, 0.1) is 22.7 Å². The number of nitriles is 1. The van der Waals surface area contributed by atoms with E-state index in [2.05, 4.69) is 139 Å². The van der Waals surface area contributed by atoms with Crippen LogP contribution in [0.5, 0.6) is 0 Å². The van der Waals surface area contributed by atoms with Crippen LogP contribution in [0.1, 0.15) is 11.1 Å². The topological polar surface area (TPSA) is 41.6 Å². The molecule has 3 heteroatoms. The molecule has 206 valence electrons. The molecule has 0 saturated carbocycles. The second kappa shape index (κ2) is 10.4. The molecule has 1 heterocycles. The number of hydrogen-bond acceptors (Lipinski definition) is 2. The van der Waals surface area contributed by atoms with E-state index in [4.69, 9.17) is 4.98 Å². The van der Waals surface area contributed by atoms with Crippen LogP contribution >= 0.6 is 0 Å². The molecule has 0 amide bonds. The third kappa shape index (κ3) is 4.16. The van der Waals surface area contributed by atoms with E-state index in [1.54, 1.807) is 0 Å². The van der Waals surface area contributed by atoms with Gasteiger partial charge in [-0.15, -0.1) is 0 Å². The van der Waals surface area contributed by atoms with Crippen molar-refractivity contribution in [2.24, 2.45) is 0 Å². The van der Waals surface area contributed by atoms with Crippen molar-refractivity contribution in [3.8, 4) is 45.4 Å². The van der Waals surface area contributed by atoms with Gasteiger partial charge in [0.1, 0.15) is 5.82 Å². The molecule has 0 radical (unpaired) electrons. The molecule has 8 rings (SSSR count). The van der Waals surface area contributed by atoms with Crippen molar-refractivity contribution in [3.63, 3.8) is 0 Å². The number of para-hydroxylation sites is 3. The predicted molar refractivity (Wildman–Crippen MR) is 182 cm³/mol. The Bertz CT molecular complexity index is 2390. The summed E-state index contributed by atoms with van der Waals surface area (Å²) in [5.74, 6) is 0.897. The number of imidazole rings is 1. The van der Waals surface area contributed by atoms with E-state index in [-0.39, 0.29) is 0 Å². The number of hydrogen-bond donors (Lipinski definition) is 0. The summed E-state index contributed by atoms with van der Waals surface area (Å²) in [5, 5.41) is 15.0. The maximum Gasteiger partial charge on any atom is 0.145 e. The molecule has 0 spiro atoms. The van der Waals surface area contributed by atoms with Crippen LogP contribution < -0.4 is 0 Å². The fourth-order valence-corrected chi connectivity index (χ4v) is 6.56. The van der Waals surface area contributed by atoms with Crippen LogP contribution in [0.25, 0.3) is 71.9 Å². The molecular formula is C41H27N3. The van der Waals surface area contributed by atoms with Crippen LogP contribution in [0.2, 0.25) is 0 Å². The van der Waals surface area contributed by atoms with E-state index >= 15 is 0 Å². The average Bonchev–Trinajstić information content (AvgIpc) is 3.48. The first kappa shape index (κ1) is 25.7. The monoisotopic (exact) mass is 561 g/mol. The Morgan fingerprint density at radius 2 is 1.14 bits per heavy atom. The highest BCUT2D eigenvalue weighted by Crippen LogP contribution is 2.40. The number of fused-ring (bicyclic) bond motifs is 4. The summed E-state index contributed by atoms with van der Waals surface area (Å²) in [5.41, 5.74) is 10.3. The van der Waals surface area contributed by atoms with Crippen molar-refractivity contribution in [3.05, 3.63) is 157 Å². The van der Waals surface area contributed by atoms with Gasteiger partial charge in [-0.2, -0.15) is 5.26 Å². The van der Waals surface area contributed by atoms with E-state index in [0.29, 0.717) is 5.56 Å². The lowest BCUT2D eigenvalue weighted by atomic mass is 9.87. The quantitative estimate of drug-likeness (QED) is 0.201. The first-order valence-corrected chi connectivity index (χ1v) is 14.8. The first-order valence-electron chi connectivity index (χ1n) is 14.8. The molecule has 0 atom stereocenters. The molecule has 44 heavy (non-hydrogen) atoms. The van der Waals surface area contributed by atoms with Gasteiger partial charge in [0.25, 0.3) is 0 Å². The number of benzene rings is 7. The van der Waals surface area contributed by atoms with Crippen LogP contribution in [0, 0.1) is 18.3 Å². The van der Waals surface area contributed by atoms with Gasteiger partial charge in [-0.3, -0.25) is 4.57 Å². The summed E-state index contributed by atoms with van der Waals surface area (Å²) in [4.78, 5) is 5.03. The summed E-state index contributed by atoms with van der Waals surface area (Å²) in [6.45, 7) is 2.19. The van der Waals surface area contributed by atoms with E-state index in [1.165, 1.54) is 32.7 Å². The summed E-state index contributed by atoms with van der Waals surface area (Å²) in [7, 11) is 0. The third-order valence-corrected chi connectivity index (χ3v) is 8.60. The molecule has 0 fully saturated rings. The van der Waals surface area contributed by atoms with Crippen molar-refractivity contribution in [2.45, 2.75) is 6.92 Å². The van der Waals surface area contributed by atoms with Gasteiger partial charge in [0, 0.05) is 11.3 Å². The Hall–Kier alpha value is -5.98. The molecule has 0 bridgehead atoms. The van der Waals surface area contributed by atoms with Crippen molar-refractivity contribution < 1.29 is 0 Å². The minimum atomic E-state index is 0.643. The van der Waals surface area contributed by atoms with Crippen LogP contribution in [-0.2, 0) is 0 Å². The highest BCUT2D eigenvalue weighted by Gasteiger charge is 2.17. The molecule has 7 aromatic carbocycles. The smallest absolute Gasteiger partial charge is 0.145 e. The Kier molecular flexibility index (Phi) is 6.07. The molecule has 0 aliphatic rings. The number of nitrogens with zero attached hydrogens (tertiary/aromatic N) is 3. The standard InChI is InChI=1S/C41H27N3/c1-27-34-13-5-6-14-35(34)36-15-7-8-16-37(36)40(27)32-24-28(26-42)23-31(25-32)29-19-21-30(22-20-29)41-43-38-17-9-10-18-39(38)44(41)33-11-3-2-4-12-33/h2-25H,1H3. The zero-order valence-electron chi connectivity index (χ0n) is 24.2. The molecule has 1 aromatic heterocycles.